The summed E-state index contributed by atoms with van der Waals surface area (Å²) in [6.07, 6.45) is 3.61. The van der Waals surface area contributed by atoms with E-state index < -0.39 is 0 Å². The zero-order valence-electron chi connectivity index (χ0n) is 10.7. The Morgan fingerprint density at radius 1 is 1.37 bits per heavy atom. The Bertz CT molecular complexity index is 536. The first-order chi connectivity index (χ1) is 9.13. The van der Waals surface area contributed by atoms with Gasteiger partial charge in [-0.2, -0.15) is 0 Å². The molecule has 1 atom stereocenters. The van der Waals surface area contributed by atoms with Crippen LogP contribution in [0.1, 0.15) is 13.0 Å². The lowest BCUT2D eigenvalue weighted by atomic mass is 10.3. The van der Waals surface area contributed by atoms with Gasteiger partial charge in [0.15, 0.2) is 0 Å². The van der Waals surface area contributed by atoms with Crippen molar-refractivity contribution in [1.82, 2.24) is 9.55 Å². The summed E-state index contributed by atoms with van der Waals surface area (Å²) < 4.78 is 7.13. The third-order valence-electron chi connectivity index (χ3n) is 2.75. The van der Waals surface area contributed by atoms with Gasteiger partial charge in [-0.1, -0.05) is 29.3 Å². The SMILES string of the molecule is COCC(C)n1ccnc1Nc1c(Cl)cccc1Cl. The van der Waals surface area contributed by atoms with Crippen LogP contribution < -0.4 is 5.32 Å². The second-order valence-corrected chi connectivity index (χ2v) is 5.00. The highest BCUT2D eigenvalue weighted by Gasteiger charge is 2.12. The van der Waals surface area contributed by atoms with Gasteiger partial charge < -0.3 is 14.6 Å². The molecule has 1 aromatic carbocycles. The molecule has 1 aromatic heterocycles. The molecule has 1 N–H and O–H groups in total. The van der Waals surface area contributed by atoms with Crippen LogP contribution in [0.15, 0.2) is 30.6 Å². The number of aromatic nitrogens is 2. The molecule has 0 saturated heterocycles. The molecule has 19 heavy (non-hydrogen) atoms. The topological polar surface area (TPSA) is 39.1 Å². The second kappa shape index (κ2) is 6.28. The van der Waals surface area contributed by atoms with Gasteiger partial charge in [0.25, 0.3) is 0 Å². The maximum absolute atomic E-state index is 6.13. The summed E-state index contributed by atoms with van der Waals surface area (Å²) >= 11 is 12.3. The van der Waals surface area contributed by atoms with Crippen molar-refractivity contribution in [2.45, 2.75) is 13.0 Å². The van der Waals surface area contributed by atoms with Crippen molar-refractivity contribution in [3.05, 3.63) is 40.6 Å². The molecule has 1 unspecified atom stereocenters. The minimum absolute atomic E-state index is 0.163. The first kappa shape index (κ1) is 14.2. The fourth-order valence-corrected chi connectivity index (χ4v) is 2.31. The Kier molecular flexibility index (Phi) is 4.69. The van der Waals surface area contributed by atoms with Gasteiger partial charge in [-0.15, -0.1) is 0 Å². The molecule has 0 aliphatic rings. The molecule has 0 aliphatic carbocycles. The first-order valence-electron chi connectivity index (χ1n) is 5.86. The number of rotatable bonds is 5. The van der Waals surface area contributed by atoms with Crippen molar-refractivity contribution in [2.24, 2.45) is 0 Å². The summed E-state index contributed by atoms with van der Waals surface area (Å²) in [5, 5.41) is 4.27. The van der Waals surface area contributed by atoms with Gasteiger partial charge in [0.1, 0.15) is 0 Å². The van der Waals surface area contributed by atoms with Gasteiger partial charge in [-0.05, 0) is 19.1 Å². The van der Waals surface area contributed by atoms with Gasteiger partial charge in [0, 0.05) is 19.5 Å². The van der Waals surface area contributed by atoms with Gasteiger partial charge in [0.05, 0.1) is 28.4 Å². The number of halogens is 2. The molecule has 0 fully saturated rings. The average Bonchev–Trinajstić information content (AvgIpc) is 2.82. The van der Waals surface area contributed by atoms with E-state index in [0.29, 0.717) is 28.3 Å². The molecule has 0 radical (unpaired) electrons. The number of nitrogens with one attached hydrogen (secondary N) is 1. The van der Waals surface area contributed by atoms with E-state index in [1.807, 2.05) is 17.7 Å². The van der Waals surface area contributed by atoms with Crippen molar-refractivity contribution in [1.29, 1.82) is 0 Å². The van der Waals surface area contributed by atoms with E-state index in [1.54, 1.807) is 31.5 Å². The van der Waals surface area contributed by atoms with E-state index in [9.17, 15) is 0 Å². The molecule has 2 rings (SSSR count). The number of benzene rings is 1. The van der Waals surface area contributed by atoms with Gasteiger partial charge in [0.2, 0.25) is 5.95 Å². The molecule has 0 aliphatic heterocycles. The van der Waals surface area contributed by atoms with Crippen LogP contribution in [0.3, 0.4) is 0 Å². The average molecular weight is 300 g/mol. The fourth-order valence-electron chi connectivity index (χ4n) is 1.82. The Balaban J connectivity index is 2.27. The summed E-state index contributed by atoms with van der Waals surface area (Å²) in [6, 6.07) is 5.52. The van der Waals surface area contributed by atoms with E-state index in [-0.39, 0.29) is 6.04 Å². The molecule has 1 heterocycles. The van der Waals surface area contributed by atoms with Crippen LogP contribution in [0, 0.1) is 0 Å². The molecule has 102 valence electrons. The lowest BCUT2D eigenvalue weighted by molar-refractivity contribution is 0.163. The number of hydrogen-bond donors (Lipinski definition) is 1. The maximum Gasteiger partial charge on any atom is 0.207 e. The Morgan fingerprint density at radius 3 is 2.68 bits per heavy atom. The van der Waals surface area contributed by atoms with E-state index in [4.69, 9.17) is 27.9 Å². The van der Waals surface area contributed by atoms with Crippen LogP contribution in [0.4, 0.5) is 11.6 Å². The molecule has 2 aromatic rings. The molecular weight excluding hydrogens is 285 g/mol. The summed E-state index contributed by atoms with van der Waals surface area (Å²) in [5.74, 6) is 0.680. The second-order valence-electron chi connectivity index (χ2n) is 4.18. The van der Waals surface area contributed by atoms with Gasteiger partial charge >= 0.3 is 0 Å². The number of nitrogens with zero attached hydrogens (tertiary/aromatic N) is 2. The van der Waals surface area contributed by atoms with Crippen LogP contribution in [-0.2, 0) is 4.74 Å². The fraction of sp³-hybridized carbons (Fsp3) is 0.308. The number of methoxy groups -OCH3 is 1. The third kappa shape index (κ3) is 3.21. The van der Waals surface area contributed by atoms with E-state index in [0.717, 1.165) is 0 Å². The van der Waals surface area contributed by atoms with Crippen molar-refractivity contribution >= 4 is 34.8 Å². The predicted molar refractivity (Wildman–Crippen MR) is 78.6 cm³/mol. The Morgan fingerprint density at radius 2 is 2.05 bits per heavy atom. The minimum atomic E-state index is 0.163. The van der Waals surface area contributed by atoms with Crippen molar-refractivity contribution < 1.29 is 4.74 Å². The standard InChI is InChI=1S/C13H15Cl2N3O/c1-9(8-19-2)18-7-6-16-13(18)17-12-10(14)4-3-5-11(12)15/h3-7,9H,8H2,1-2H3,(H,16,17). The number of hydrogen-bond acceptors (Lipinski definition) is 3. The largest absolute Gasteiger partial charge is 0.383 e. The summed E-state index contributed by atoms with van der Waals surface area (Å²) in [4.78, 5) is 4.28. The van der Waals surface area contributed by atoms with E-state index >= 15 is 0 Å². The summed E-state index contributed by atoms with van der Waals surface area (Å²) in [7, 11) is 1.67. The smallest absolute Gasteiger partial charge is 0.207 e. The number of imidazole rings is 1. The quantitative estimate of drug-likeness (QED) is 0.902. The van der Waals surface area contributed by atoms with Crippen molar-refractivity contribution in [3.63, 3.8) is 0 Å². The maximum atomic E-state index is 6.13. The van der Waals surface area contributed by atoms with E-state index in [2.05, 4.69) is 10.3 Å². The Labute approximate surface area is 122 Å². The zero-order valence-corrected chi connectivity index (χ0v) is 12.2. The van der Waals surface area contributed by atoms with Crippen LogP contribution >= 0.6 is 23.2 Å². The molecule has 0 amide bonds. The summed E-state index contributed by atoms with van der Waals surface area (Å²) in [5.41, 5.74) is 0.655. The molecular formula is C13H15Cl2N3O. The Hall–Kier alpha value is -1.23. The molecule has 0 bridgehead atoms. The highest BCUT2D eigenvalue weighted by Crippen LogP contribution is 2.32. The summed E-state index contributed by atoms with van der Waals surface area (Å²) in [6.45, 7) is 2.64. The lowest BCUT2D eigenvalue weighted by Gasteiger charge is -2.17. The molecule has 0 spiro atoms. The van der Waals surface area contributed by atoms with Crippen LogP contribution in [0.25, 0.3) is 0 Å². The van der Waals surface area contributed by atoms with Crippen LogP contribution in [0.5, 0.6) is 0 Å². The predicted octanol–water partition coefficient (Wildman–Crippen LogP) is 4.14. The molecule has 4 nitrogen and oxygen atoms in total. The van der Waals surface area contributed by atoms with Crippen molar-refractivity contribution in [2.75, 3.05) is 19.0 Å². The normalized spacial score (nSPS) is 12.4. The van der Waals surface area contributed by atoms with Gasteiger partial charge in [-0.3, -0.25) is 0 Å². The lowest BCUT2D eigenvalue weighted by Crippen LogP contribution is -2.13. The minimum Gasteiger partial charge on any atom is -0.383 e. The van der Waals surface area contributed by atoms with Crippen LogP contribution in [-0.4, -0.2) is 23.3 Å². The molecule has 6 heteroatoms. The highest BCUT2D eigenvalue weighted by atomic mass is 35.5. The highest BCUT2D eigenvalue weighted by molar-refractivity contribution is 6.39. The van der Waals surface area contributed by atoms with Crippen LogP contribution in [0.2, 0.25) is 10.0 Å². The molecule has 0 saturated carbocycles. The number of anilines is 2. The van der Waals surface area contributed by atoms with Gasteiger partial charge in [-0.25, -0.2) is 4.98 Å². The number of para-hydroxylation sites is 1. The van der Waals surface area contributed by atoms with E-state index in [1.165, 1.54) is 0 Å². The zero-order chi connectivity index (χ0) is 13.8. The van der Waals surface area contributed by atoms with Crippen molar-refractivity contribution in [3.8, 4) is 0 Å². The third-order valence-corrected chi connectivity index (χ3v) is 3.38. The number of ether oxygens (including phenoxy) is 1. The first-order valence-corrected chi connectivity index (χ1v) is 6.62. The monoisotopic (exact) mass is 299 g/mol.